The Morgan fingerprint density at radius 2 is 1.78 bits per heavy atom. The normalized spacial score (nSPS) is 10.7. The van der Waals surface area contributed by atoms with Crippen molar-refractivity contribution in [3.05, 3.63) is 88.7 Å². The number of hydrogen-bond donors (Lipinski definition) is 2. The molecule has 0 aliphatic rings. The van der Waals surface area contributed by atoms with Gasteiger partial charge in [0.1, 0.15) is 6.33 Å². The molecule has 0 amide bonds. The summed E-state index contributed by atoms with van der Waals surface area (Å²) in [6.07, 6.45) is 1.27. The monoisotopic (exact) mass is 429 g/mol. The van der Waals surface area contributed by atoms with Crippen molar-refractivity contribution in [2.45, 2.75) is 6.92 Å². The van der Waals surface area contributed by atoms with E-state index in [0.29, 0.717) is 12.2 Å². The minimum absolute atomic E-state index is 0.0155. The molecule has 4 aromatic rings. The number of fused-ring (bicyclic) bond motifs is 1. The van der Waals surface area contributed by atoms with Gasteiger partial charge in [-0.15, -0.1) is 0 Å². The van der Waals surface area contributed by atoms with E-state index in [1.807, 2.05) is 49.4 Å². The van der Waals surface area contributed by atoms with Gasteiger partial charge in [0, 0.05) is 17.6 Å². The Bertz CT molecular complexity index is 1300. The molecule has 0 aliphatic heterocycles. The summed E-state index contributed by atoms with van der Waals surface area (Å²) in [4.78, 5) is 32.7. The Balaban J connectivity index is 1.80. The van der Waals surface area contributed by atoms with Gasteiger partial charge in [-0.1, -0.05) is 36.4 Å². The molecule has 1 aromatic heterocycles. The molecule has 1 heterocycles. The molecule has 0 fully saturated rings. The van der Waals surface area contributed by atoms with Crippen molar-refractivity contribution in [2.75, 3.05) is 16.8 Å². The molecule has 0 saturated heterocycles. The molecule has 4 rings (SSSR count). The van der Waals surface area contributed by atoms with Crippen LogP contribution in [0.15, 0.2) is 73.1 Å². The van der Waals surface area contributed by atoms with Crippen LogP contribution in [0.3, 0.4) is 0 Å². The average Bonchev–Trinajstić information content (AvgIpc) is 2.80. The Kier molecular flexibility index (Phi) is 5.63. The third-order valence-corrected chi connectivity index (χ3v) is 5.01. The van der Waals surface area contributed by atoms with Crippen molar-refractivity contribution in [3.63, 3.8) is 0 Å². The molecule has 3 aromatic carbocycles. The zero-order valence-corrected chi connectivity index (χ0v) is 17.1. The Labute approximate surface area is 183 Å². The Morgan fingerprint density at radius 3 is 2.47 bits per heavy atom. The number of nitro groups is 1. The molecule has 0 spiro atoms. The van der Waals surface area contributed by atoms with E-state index in [9.17, 15) is 14.9 Å². The van der Waals surface area contributed by atoms with Crippen LogP contribution in [0.1, 0.15) is 17.3 Å². The van der Waals surface area contributed by atoms with Crippen LogP contribution in [0, 0.1) is 10.1 Å². The van der Waals surface area contributed by atoms with Gasteiger partial charge in [0.15, 0.2) is 0 Å². The molecule has 0 saturated carbocycles. The second-order valence-electron chi connectivity index (χ2n) is 6.90. The number of carboxylic acids is 1. The van der Waals surface area contributed by atoms with Gasteiger partial charge in [-0.25, -0.2) is 14.8 Å². The lowest BCUT2D eigenvalue weighted by molar-refractivity contribution is -0.383. The third kappa shape index (κ3) is 3.91. The van der Waals surface area contributed by atoms with E-state index in [4.69, 9.17) is 5.11 Å². The number of rotatable bonds is 7. The molecular weight excluding hydrogens is 410 g/mol. The first-order valence-corrected chi connectivity index (χ1v) is 9.84. The van der Waals surface area contributed by atoms with Crippen molar-refractivity contribution in [1.29, 1.82) is 0 Å². The molecule has 0 aliphatic carbocycles. The van der Waals surface area contributed by atoms with Gasteiger partial charge in [-0.05, 0) is 42.6 Å². The summed E-state index contributed by atoms with van der Waals surface area (Å²) >= 11 is 0. The van der Waals surface area contributed by atoms with Crippen LogP contribution in [0.2, 0.25) is 0 Å². The minimum atomic E-state index is -1.06. The molecule has 160 valence electrons. The highest BCUT2D eigenvalue weighted by atomic mass is 16.6. The number of aromatic nitrogens is 2. The number of aromatic carboxylic acids is 1. The topological polar surface area (TPSA) is 121 Å². The lowest BCUT2D eigenvalue weighted by Crippen LogP contribution is -2.20. The van der Waals surface area contributed by atoms with Gasteiger partial charge in [-0.3, -0.25) is 10.1 Å². The van der Waals surface area contributed by atoms with Crippen molar-refractivity contribution >= 4 is 45.4 Å². The molecule has 2 N–H and O–H groups in total. The van der Waals surface area contributed by atoms with E-state index in [-0.39, 0.29) is 22.9 Å². The van der Waals surface area contributed by atoms with Crippen LogP contribution in [0.4, 0.5) is 28.7 Å². The summed E-state index contributed by atoms with van der Waals surface area (Å²) in [6.45, 7) is 2.34. The summed E-state index contributed by atoms with van der Waals surface area (Å²) in [6, 6.07) is 19.4. The quantitative estimate of drug-likeness (QED) is 0.306. The summed E-state index contributed by atoms with van der Waals surface area (Å²) in [5.41, 5.74) is 1.10. The van der Waals surface area contributed by atoms with Crippen LogP contribution < -0.4 is 10.2 Å². The van der Waals surface area contributed by atoms with Crippen LogP contribution in [-0.4, -0.2) is 32.5 Å². The number of benzene rings is 3. The van der Waals surface area contributed by atoms with Gasteiger partial charge in [0.25, 0.3) is 0 Å². The maximum Gasteiger partial charge on any atom is 0.354 e. The van der Waals surface area contributed by atoms with Gasteiger partial charge >= 0.3 is 11.7 Å². The first-order valence-electron chi connectivity index (χ1n) is 9.84. The number of hydrogen-bond acceptors (Lipinski definition) is 7. The van der Waals surface area contributed by atoms with E-state index < -0.39 is 10.9 Å². The van der Waals surface area contributed by atoms with Crippen LogP contribution in [0.25, 0.3) is 10.8 Å². The van der Waals surface area contributed by atoms with Gasteiger partial charge in [0.05, 0.1) is 16.2 Å². The predicted molar refractivity (Wildman–Crippen MR) is 122 cm³/mol. The van der Waals surface area contributed by atoms with E-state index >= 15 is 0 Å². The highest BCUT2D eigenvalue weighted by Gasteiger charge is 2.28. The zero-order chi connectivity index (χ0) is 22.7. The zero-order valence-electron chi connectivity index (χ0n) is 17.1. The SMILES string of the molecule is CCN(c1ncnc(Nc2ccc(C(=O)O)cc2)c1[N+](=O)[O-])c1cccc2ccccc12. The van der Waals surface area contributed by atoms with E-state index in [2.05, 4.69) is 15.3 Å². The van der Waals surface area contributed by atoms with Crippen molar-refractivity contribution in [1.82, 2.24) is 9.97 Å². The lowest BCUT2D eigenvalue weighted by Gasteiger charge is -2.24. The van der Waals surface area contributed by atoms with Gasteiger partial charge in [0.2, 0.25) is 11.6 Å². The maximum atomic E-state index is 12.1. The van der Waals surface area contributed by atoms with Crippen molar-refractivity contribution in [3.8, 4) is 0 Å². The number of nitrogens with zero attached hydrogens (tertiary/aromatic N) is 4. The molecule has 0 radical (unpaired) electrons. The molecular formula is C23H19N5O4. The summed E-state index contributed by atoms with van der Waals surface area (Å²) in [5.74, 6) is -0.879. The second-order valence-corrected chi connectivity index (χ2v) is 6.90. The molecule has 9 heteroatoms. The number of carbonyl (C=O) groups is 1. The minimum Gasteiger partial charge on any atom is -0.478 e. The first kappa shape index (κ1) is 20.7. The number of nitrogens with one attached hydrogen (secondary N) is 1. The molecule has 0 bridgehead atoms. The molecule has 0 unspecified atom stereocenters. The van der Waals surface area contributed by atoms with Crippen LogP contribution in [0.5, 0.6) is 0 Å². The fourth-order valence-corrected chi connectivity index (χ4v) is 3.54. The largest absolute Gasteiger partial charge is 0.478 e. The number of anilines is 4. The molecule has 0 atom stereocenters. The highest BCUT2D eigenvalue weighted by molar-refractivity contribution is 5.97. The van der Waals surface area contributed by atoms with E-state index in [1.54, 1.807) is 4.90 Å². The first-order chi connectivity index (χ1) is 15.5. The summed E-state index contributed by atoms with van der Waals surface area (Å²) < 4.78 is 0. The maximum absolute atomic E-state index is 12.1. The van der Waals surface area contributed by atoms with Crippen molar-refractivity contribution in [2.24, 2.45) is 0 Å². The van der Waals surface area contributed by atoms with E-state index in [1.165, 1.54) is 30.6 Å². The smallest absolute Gasteiger partial charge is 0.354 e. The summed E-state index contributed by atoms with van der Waals surface area (Å²) in [7, 11) is 0. The van der Waals surface area contributed by atoms with Gasteiger partial charge < -0.3 is 15.3 Å². The fraction of sp³-hybridized carbons (Fsp3) is 0.0870. The van der Waals surface area contributed by atoms with E-state index in [0.717, 1.165) is 16.5 Å². The Morgan fingerprint density at radius 1 is 1.06 bits per heavy atom. The standard InChI is InChI=1S/C23H19N5O4/c1-2-27(19-9-5-7-15-6-3-4-8-18(15)19)22-20(28(31)32)21(24-14-25-22)26-17-12-10-16(11-13-17)23(29)30/h3-14H,2H2,1H3,(H,29,30)(H,24,25,26). The summed E-state index contributed by atoms with van der Waals surface area (Å²) in [5, 5.41) is 26.0. The predicted octanol–water partition coefficient (Wildman–Crippen LogP) is 5.14. The second kappa shape index (κ2) is 8.68. The van der Waals surface area contributed by atoms with Crippen molar-refractivity contribution < 1.29 is 14.8 Å². The average molecular weight is 429 g/mol. The molecule has 9 nitrogen and oxygen atoms in total. The lowest BCUT2D eigenvalue weighted by atomic mass is 10.1. The Hall–Kier alpha value is -4.53. The van der Waals surface area contributed by atoms with Crippen LogP contribution >= 0.6 is 0 Å². The van der Waals surface area contributed by atoms with Gasteiger partial charge in [-0.2, -0.15) is 0 Å². The third-order valence-electron chi connectivity index (χ3n) is 5.01. The fourth-order valence-electron chi connectivity index (χ4n) is 3.54. The van der Waals surface area contributed by atoms with Crippen LogP contribution in [-0.2, 0) is 0 Å². The number of carboxylic acid groups (broad SMARTS) is 1. The highest BCUT2D eigenvalue weighted by Crippen LogP contribution is 2.39. The molecule has 32 heavy (non-hydrogen) atoms.